The van der Waals surface area contributed by atoms with E-state index in [-0.39, 0.29) is 6.04 Å². The van der Waals surface area contributed by atoms with Crippen molar-refractivity contribution in [1.29, 1.82) is 0 Å². The smallest absolute Gasteiger partial charge is 0.228 e. The number of benzene rings is 1. The fourth-order valence-corrected chi connectivity index (χ4v) is 2.16. The molecule has 0 bridgehead atoms. The minimum atomic E-state index is 0.160. The highest BCUT2D eigenvalue weighted by Gasteiger charge is 2.15. The van der Waals surface area contributed by atoms with Gasteiger partial charge >= 0.3 is 0 Å². The van der Waals surface area contributed by atoms with Gasteiger partial charge in [-0.1, -0.05) is 35.5 Å². The molecule has 0 aliphatic rings. The molecule has 2 N–H and O–H groups in total. The maximum absolute atomic E-state index is 5.32. The zero-order valence-electron chi connectivity index (χ0n) is 11.2. The molecule has 5 heteroatoms. The van der Waals surface area contributed by atoms with E-state index in [4.69, 9.17) is 4.52 Å². The van der Waals surface area contributed by atoms with Crippen molar-refractivity contribution >= 4 is 0 Å². The van der Waals surface area contributed by atoms with Crippen molar-refractivity contribution in [1.82, 2.24) is 20.4 Å². The molecule has 3 aromatic rings. The van der Waals surface area contributed by atoms with E-state index in [0.717, 1.165) is 5.69 Å². The lowest BCUT2D eigenvalue weighted by Gasteiger charge is -2.13. The van der Waals surface area contributed by atoms with Gasteiger partial charge in [-0.2, -0.15) is 4.98 Å². The van der Waals surface area contributed by atoms with Crippen LogP contribution >= 0.6 is 0 Å². The van der Waals surface area contributed by atoms with E-state index < -0.39 is 0 Å². The van der Waals surface area contributed by atoms with Crippen LogP contribution in [0.5, 0.6) is 0 Å². The van der Waals surface area contributed by atoms with Gasteiger partial charge < -0.3 is 14.8 Å². The third-order valence-electron chi connectivity index (χ3n) is 3.24. The molecule has 1 unspecified atom stereocenters. The lowest BCUT2D eigenvalue weighted by Crippen LogP contribution is -2.18. The van der Waals surface area contributed by atoms with Crippen LogP contribution in [-0.4, -0.2) is 22.2 Å². The number of likely N-dealkylation sites (N-methyl/N-ethyl adjacent to an activating group) is 1. The molecule has 0 aliphatic carbocycles. The molecule has 5 nitrogen and oxygen atoms in total. The number of nitrogens with one attached hydrogen (secondary N) is 2. The quantitative estimate of drug-likeness (QED) is 0.746. The largest absolute Gasteiger partial charge is 0.359 e. The van der Waals surface area contributed by atoms with Gasteiger partial charge in [0.1, 0.15) is 0 Å². The molecule has 3 rings (SSSR count). The first-order valence-corrected chi connectivity index (χ1v) is 6.55. The van der Waals surface area contributed by atoms with Crippen molar-refractivity contribution in [3.63, 3.8) is 0 Å². The zero-order valence-corrected chi connectivity index (χ0v) is 11.2. The Morgan fingerprint density at radius 3 is 2.75 bits per heavy atom. The second-order valence-electron chi connectivity index (χ2n) is 4.55. The average Bonchev–Trinajstić information content (AvgIpc) is 3.16. The highest BCUT2D eigenvalue weighted by atomic mass is 16.5. The highest BCUT2D eigenvalue weighted by molar-refractivity contribution is 5.47. The monoisotopic (exact) mass is 268 g/mol. The Kier molecular flexibility index (Phi) is 3.60. The lowest BCUT2D eigenvalue weighted by molar-refractivity contribution is 0.363. The molecule has 102 valence electrons. The minimum absolute atomic E-state index is 0.160. The van der Waals surface area contributed by atoms with Gasteiger partial charge in [0.15, 0.2) is 0 Å². The van der Waals surface area contributed by atoms with Gasteiger partial charge in [0, 0.05) is 18.7 Å². The number of aromatic amines is 1. The summed E-state index contributed by atoms with van der Waals surface area (Å²) in [5.41, 5.74) is 2.07. The fourth-order valence-electron chi connectivity index (χ4n) is 2.16. The van der Waals surface area contributed by atoms with Crippen LogP contribution in [0, 0.1) is 0 Å². The first-order valence-electron chi connectivity index (χ1n) is 6.55. The van der Waals surface area contributed by atoms with E-state index in [0.29, 0.717) is 18.1 Å². The predicted molar refractivity (Wildman–Crippen MR) is 76.0 cm³/mol. The molecule has 2 aromatic heterocycles. The molecule has 2 heterocycles. The van der Waals surface area contributed by atoms with Gasteiger partial charge in [-0.3, -0.25) is 0 Å². The summed E-state index contributed by atoms with van der Waals surface area (Å²) >= 11 is 0. The first kappa shape index (κ1) is 12.6. The van der Waals surface area contributed by atoms with Crippen molar-refractivity contribution in [2.24, 2.45) is 0 Å². The molecule has 0 amide bonds. The van der Waals surface area contributed by atoms with E-state index in [9.17, 15) is 0 Å². The molecular formula is C15H16N4O. The number of hydrogen-bond acceptors (Lipinski definition) is 4. The van der Waals surface area contributed by atoms with Gasteiger partial charge in [0.2, 0.25) is 11.7 Å². The predicted octanol–water partition coefficient (Wildman–Crippen LogP) is 2.57. The summed E-state index contributed by atoms with van der Waals surface area (Å²) in [4.78, 5) is 7.48. The molecule has 1 atom stereocenters. The summed E-state index contributed by atoms with van der Waals surface area (Å²) in [6.07, 6.45) is 2.50. The number of nitrogens with zero attached hydrogens (tertiary/aromatic N) is 2. The first-order chi connectivity index (χ1) is 9.86. The van der Waals surface area contributed by atoms with E-state index >= 15 is 0 Å². The Morgan fingerprint density at radius 2 is 2.05 bits per heavy atom. The van der Waals surface area contributed by atoms with Gasteiger partial charge in [-0.05, 0) is 24.7 Å². The van der Waals surface area contributed by atoms with E-state index in [1.807, 2.05) is 43.6 Å². The second kappa shape index (κ2) is 5.71. The van der Waals surface area contributed by atoms with Crippen LogP contribution in [0.4, 0.5) is 0 Å². The van der Waals surface area contributed by atoms with Crippen LogP contribution in [0.2, 0.25) is 0 Å². The zero-order chi connectivity index (χ0) is 13.8. The van der Waals surface area contributed by atoms with Crippen molar-refractivity contribution in [3.05, 3.63) is 60.1 Å². The summed E-state index contributed by atoms with van der Waals surface area (Å²) in [6, 6.07) is 14.2. The van der Waals surface area contributed by atoms with Crippen LogP contribution in [0.25, 0.3) is 11.5 Å². The van der Waals surface area contributed by atoms with Gasteiger partial charge in [-0.15, -0.1) is 0 Å². The van der Waals surface area contributed by atoms with Crippen LogP contribution in [-0.2, 0) is 6.42 Å². The highest BCUT2D eigenvalue weighted by Crippen LogP contribution is 2.19. The summed E-state index contributed by atoms with van der Waals surface area (Å²) in [7, 11) is 1.93. The maximum Gasteiger partial charge on any atom is 0.228 e. The maximum atomic E-state index is 5.32. The molecular weight excluding hydrogens is 252 g/mol. The average molecular weight is 268 g/mol. The molecule has 0 aliphatic heterocycles. The third kappa shape index (κ3) is 2.62. The van der Waals surface area contributed by atoms with Crippen LogP contribution < -0.4 is 5.32 Å². The Hall–Kier alpha value is -2.40. The van der Waals surface area contributed by atoms with Crippen molar-refractivity contribution in [2.45, 2.75) is 12.5 Å². The minimum Gasteiger partial charge on any atom is -0.359 e. The molecule has 0 fully saturated rings. The summed E-state index contributed by atoms with van der Waals surface area (Å²) in [5.74, 6) is 1.21. The van der Waals surface area contributed by atoms with Crippen molar-refractivity contribution in [2.75, 3.05) is 7.05 Å². The van der Waals surface area contributed by atoms with E-state index in [2.05, 4.69) is 32.6 Å². The standard InChI is InChI=1S/C15H16N4O/c1-16-13(11-6-3-2-4-7-11)10-14-18-15(19-20-14)12-8-5-9-17-12/h2-9,13,16-17H,10H2,1H3. The summed E-state index contributed by atoms with van der Waals surface area (Å²) < 4.78 is 5.32. The normalized spacial score (nSPS) is 12.4. The van der Waals surface area contributed by atoms with Crippen molar-refractivity contribution in [3.8, 4) is 11.5 Å². The molecule has 20 heavy (non-hydrogen) atoms. The number of rotatable bonds is 5. The SMILES string of the molecule is CNC(Cc1nc(-c2ccc[nH]2)no1)c1ccccc1. The summed E-state index contributed by atoms with van der Waals surface area (Å²) in [6.45, 7) is 0. The van der Waals surface area contributed by atoms with Gasteiger partial charge in [0.05, 0.1) is 5.69 Å². The number of hydrogen-bond donors (Lipinski definition) is 2. The number of H-pyrrole nitrogens is 1. The Labute approximate surface area is 117 Å². The molecule has 0 saturated carbocycles. The summed E-state index contributed by atoms with van der Waals surface area (Å²) in [5, 5.41) is 7.27. The van der Waals surface area contributed by atoms with Gasteiger partial charge in [0.25, 0.3) is 0 Å². The van der Waals surface area contributed by atoms with Gasteiger partial charge in [-0.25, -0.2) is 0 Å². The van der Waals surface area contributed by atoms with Crippen LogP contribution in [0.15, 0.2) is 53.2 Å². The second-order valence-corrected chi connectivity index (χ2v) is 4.55. The van der Waals surface area contributed by atoms with Crippen molar-refractivity contribution < 1.29 is 4.52 Å². The topological polar surface area (TPSA) is 66.7 Å². The molecule has 0 spiro atoms. The van der Waals surface area contributed by atoms with Crippen LogP contribution in [0.1, 0.15) is 17.5 Å². The Morgan fingerprint density at radius 1 is 1.20 bits per heavy atom. The fraction of sp³-hybridized carbons (Fsp3) is 0.200. The molecule has 0 radical (unpaired) electrons. The van der Waals surface area contributed by atoms with E-state index in [1.54, 1.807) is 0 Å². The van der Waals surface area contributed by atoms with Crippen LogP contribution in [0.3, 0.4) is 0 Å². The lowest BCUT2D eigenvalue weighted by atomic mass is 10.0. The Balaban J connectivity index is 1.77. The van der Waals surface area contributed by atoms with E-state index in [1.165, 1.54) is 5.56 Å². The number of aromatic nitrogens is 3. The Bertz CT molecular complexity index is 646. The molecule has 1 aromatic carbocycles. The molecule has 0 saturated heterocycles. The third-order valence-corrected chi connectivity index (χ3v) is 3.24.